The Morgan fingerprint density at radius 3 is 2.65 bits per heavy atom. The van der Waals surface area contributed by atoms with Gasteiger partial charge in [-0.15, -0.1) is 0 Å². The summed E-state index contributed by atoms with van der Waals surface area (Å²) < 4.78 is 13.6. The van der Waals surface area contributed by atoms with Gasteiger partial charge in [0, 0.05) is 12.2 Å². The van der Waals surface area contributed by atoms with Crippen molar-refractivity contribution in [3.8, 4) is 0 Å². The molecule has 1 aromatic carbocycles. The summed E-state index contributed by atoms with van der Waals surface area (Å²) >= 11 is 0. The zero-order chi connectivity index (χ0) is 17.4. The SMILES string of the molecule is CC(C)(C)C1Cc2cc(F)ccc2N(C(=O)C[C@H](N)C(=O)O)C1. The van der Waals surface area contributed by atoms with E-state index in [1.807, 2.05) is 0 Å². The summed E-state index contributed by atoms with van der Waals surface area (Å²) in [6, 6.07) is 3.10. The molecule has 0 aromatic heterocycles. The van der Waals surface area contributed by atoms with Crippen LogP contribution in [0.15, 0.2) is 18.2 Å². The zero-order valence-corrected chi connectivity index (χ0v) is 13.7. The number of benzene rings is 1. The first-order valence-electron chi connectivity index (χ1n) is 7.66. The Hall–Kier alpha value is -1.95. The molecule has 2 atom stereocenters. The molecule has 0 bridgehead atoms. The molecule has 0 aliphatic carbocycles. The van der Waals surface area contributed by atoms with E-state index >= 15 is 0 Å². The molecule has 6 heteroatoms. The molecule has 126 valence electrons. The number of fused-ring (bicyclic) bond motifs is 1. The Morgan fingerprint density at radius 1 is 1.43 bits per heavy atom. The average Bonchev–Trinajstić information content (AvgIpc) is 2.44. The van der Waals surface area contributed by atoms with E-state index in [0.29, 0.717) is 18.7 Å². The second-order valence-electron chi connectivity index (χ2n) is 7.19. The Balaban J connectivity index is 2.34. The predicted octanol–water partition coefficient (Wildman–Crippen LogP) is 2.18. The summed E-state index contributed by atoms with van der Waals surface area (Å²) in [5, 5.41) is 8.90. The third kappa shape index (κ3) is 3.88. The highest BCUT2D eigenvalue weighted by Gasteiger charge is 2.35. The monoisotopic (exact) mass is 322 g/mol. The van der Waals surface area contributed by atoms with Crippen LogP contribution in [0.4, 0.5) is 10.1 Å². The van der Waals surface area contributed by atoms with Gasteiger partial charge in [-0.25, -0.2) is 4.39 Å². The minimum atomic E-state index is -1.23. The first-order chi connectivity index (χ1) is 10.6. The topological polar surface area (TPSA) is 83.6 Å². The molecule has 1 aliphatic rings. The van der Waals surface area contributed by atoms with Crippen molar-refractivity contribution in [1.29, 1.82) is 0 Å². The van der Waals surface area contributed by atoms with Gasteiger partial charge >= 0.3 is 5.97 Å². The number of aliphatic carboxylic acids is 1. The van der Waals surface area contributed by atoms with Gasteiger partial charge in [-0.05, 0) is 41.5 Å². The fraction of sp³-hybridized carbons (Fsp3) is 0.529. The average molecular weight is 322 g/mol. The first kappa shape index (κ1) is 17.4. The van der Waals surface area contributed by atoms with E-state index in [1.54, 1.807) is 11.0 Å². The Kier molecular flexibility index (Phi) is 4.75. The number of halogens is 1. The number of amides is 1. The van der Waals surface area contributed by atoms with Gasteiger partial charge in [0.2, 0.25) is 5.91 Å². The Bertz CT molecular complexity index is 625. The van der Waals surface area contributed by atoms with Crippen molar-refractivity contribution < 1.29 is 19.1 Å². The summed E-state index contributed by atoms with van der Waals surface area (Å²) in [7, 11) is 0. The second-order valence-corrected chi connectivity index (χ2v) is 7.19. The smallest absolute Gasteiger partial charge is 0.321 e. The maximum atomic E-state index is 13.6. The number of carboxylic acids is 1. The van der Waals surface area contributed by atoms with Crippen LogP contribution in [-0.4, -0.2) is 29.6 Å². The lowest BCUT2D eigenvalue weighted by Gasteiger charge is -2.41. The molecule has 1 heterocycles. The molecule has 0 fully saturated rings. The molecule has 23 heavy (non-hydrogen) atoms. The van der Waals surface area contributed by atoms with E-state index in [4.69, 9.17) is 10.8 Å². The maximum Gasteiger partial charge on any atom is 0.321 e. The molecular formula is C17H23FN2O3. The van der Waals surface area contributed by atoms with Gasteiger partial charge in [0.25, 0.3) is 0 Å². The van der Waals surface area contributed by atoms with E-state index in [0.717, 1.165) is 5.56 Å². The maximum absolute atomic E-state index is 13.6. The van der Waals surface area contributed by atoms with Gasteiger partial charge in [-0.3, -0.25) is 9.59 Å². The van der Waals surface area contributed by atoms with Crippen molar-refractivity contribution in [2.24, 2.45) is 17.1 Å². The zero-order valence-electron chi connectivity index (χ0n) is 13.7. The molecule has 1 aromatic rings. The van der Waals surface area contributed by atoms with Gasteiger partial charge in [0.05, 0.1) is 6.42 Å². The van der Waals surface area contributed by atoms with Crippen LogP contribution in [0.5, 0.6) is 0 Å². The van der Waals surface area contributed by atoms with Gasteiger partial charge in [0.1, 0.15) is 11.9 Å². The number of carbonyl (C=O) groups excluding carboxylic acids is 1. The molecule has 3 N–H and O–H groups in total. The normalized spacial score (nSPS) is 19.2. The lowest BCUT2D eigenvalue weighted by Crippen LogP contribution is -2.46. The summed E-state index contributed by atoms with van der Waals surface area (Å²) in [6.45, 7) is 6.71. The highest BCUT2D eigenvalue weighted by molar-refractivity contribution is 5.97. The van der Waals surface area contributed by atoms with Crippen molar-refractivity contribution in [2.75, 3.05) is 11.4 Å². The van der Waals surface area contributed by atoms with Crippen LogP contribution < -0.4 is 10.6 Å². The number of hydrogen-bond acceptors (Lipinski definition) is 3. The largest absolute Gasteiger partial charge is 0.480 e. The van der Waals surface area contributed by atoms with Crippen LogP contribution >= 0.6 is 0 Å². The summed E-state index contributed by atoms with van der Waals surface area (Å²) in [6.07, 6.45) is 0.411. The van der Waals surface area contributed by atoms with E-state index in [-0.39, 0.29) is 29.5 Å². The molecule has 1 unspecified atom stereocenters. The second kappa shape index (κ2) is 6.28. The van der Waals surface area contributed by atoms with Crippen molar-refractivity contribution in [3.63, 3.8) is 0 Å². The van der Waals surface area contributed by atoms with E-state index < -0.39 is 12.0 Å². The Morgan fingerprint density at radius 2 is 2.09 bits per heavy atom. The molecule has 5 nitrogen and oxygen atoms in total. The van der Waals surface area contributed by atoms with Crippen molar-refractivity contribution >= 4 is 17.6 Å². The third-order valence-corrected chi connectivity index (χ3v) is 4.44. The van der Waals surface area contributed by atoms with Crippen LogP contribution in [0.2, 0.25) is 0 Å². The molecule has 1 amide bonds. The summed E-state index contributed by atoms with van der Waals surface area (Å²) in [4.78, 5) is 25.0. The number of hydrogen-bond donors (Lipinski definition) is 2. The van der Waals surface area contributed by atoms with Crippen molar-refractivity contribution in [3.05, 3.63) is 29.6 Å². The quantitative estimate of drug-likeness (QED) is 0.893. The summed E-state index contributed by atoms with van der Waals surface area (Å²) in [5.41, 5.74) is 6.84. The molecule has 0 saturated heterocycles. The van der Waals surface area contributed by atoms with E-state index in [1.165, 1.54) is 12.1 Å². The van der Waals surface area contributed by atoms with Crippen molar-refractivity contribution in [1.82, 2.24) is 0 Å². The van der Waals surface area contributed by atoms with E-state index in [9.17, 15) is 14.0 Å². The number of carbonyl (C=O) groups is 2. The van der Waals surface area contributed by atoms with Crippen LogP contribution in [0.25, 0.3) is 0 Å². The standard InChI is InChI=1S/C17H23FN2O3/c1-17(2,3)11-6-10-7-12(18)4-5-14(10)20(9-11)15(21)8-13(19)16(22)23/h4-5,7,11,13H,6,8-9,19H2,1-3H3,(H,22,23)/t11?,13-/m0/s1. The highest BCUT2D eigenvalue weighted by Crippen LogP contribution is 2.38. The summed E-state index contributed by atoms with van der Waals surface area (Å²) in [5.74, 6) is -1.74. The predicted molar refractivity (Wildman–Crippen MR) is 85.6 cm³/mol. The lowest BCUT2D eigenvalue weighted by molar-refractivity contribution is -0.140. The third-order valence-electron chi connectivity index (χ3n) is 4.44. The van der Waals surface area contributed by atoms with E-state index in [2.05, 4.69) is 20.8 Å². The van der Waals surface area contributed by atoms with Crippen LogP contribution in [0.1, 0.15) is 32.8 Å². The highest BCUT2D eigenvalue weighted by atomic mass is 19.1. The first-order valence-corrected chi connectivity index (χ1v) is 7.66. The minimum absolute atomic E-state index is 0.0581. The molecule has 0 saturated carbocycles. The molecule has 1 aliphatic heterocycles. The fourth-order valence-electron chi connectivity index (χ4n) is 2.83. The fourth-order valence-corrected chi connectivity index (χ4v) is 2.83. The van der Waals surface area contributed by atoms with Gasteiger partial charge in [-0.1, -0.05) is 20.8 Å². The van der Waals surface area contributed by atoms with Crippen LogP contribution in [0.3, 0.4) is 0 Å². The van der Waals surface area contributed by atoms with Crippen molar-refractivity contribution in [2.45, 2.75) is 39.7 Å². The number of nitrogens with two attached hydrogens (primary N) is 1. The van der Waals surface area contributed by atoms with Gasteiger partial charge in [0.15, 0.2) is 0 Å². The van der Waals surface area contributed by atoms with Gasteiger partial charge in [-0.2, -0.15) is 0 Å². The van der Waals surface area contributed by atoms with Crippen LogP contribution in [-0.2, 0) is 16.0 Å². The Labute approximate surface area is 135 Å². The molecule has 2 rings (SSSR count). The molecule has 0 spiro atoms. The minimum Gasteiger partial charge on any atom is -0.480 e. The molecule has 0 radical (unpaired) electrons. The number of carboxylic acid groups (broad SMARTS) is 1. The number of anilines is 1. The number of nitrogens with zero attached hydrogens (tertiary/aromatic N) is 1. The lowest BCUT2D eigenvalue weighted by atomic mass is 9.74. The van der Waals surface area contributed by atoms with Gasteiger partial charge < -0.3 is 15.7 Å². The number of rotatable bonds is 3. The van der Waals surface area contributed by atoms with Crippen LogP contribution in [0, 0.1) is 17.2 Å². The molecular weight excluding hydrogens is 299 g/mol.